The Morgan fingerprint density at radius 2 is 1.70 bits per heavy atom. The lowest BCUT2D eigenvalue weighted by atomic mass is 9.90. The predicted molar refractivity (Wildman–Crippen MR) is 103 cm³/mol. The first kappa shape index (κ1) is 19.7. The zero-order valence-electron chi connectivity index (χ0n) is 16.2. The van der Waals surface area contributed by atoms with E-state index >= 15 is 0 Å². The Bertz CT molecular complexity index is 655. The second-order valence-corrected chi connectivity index (χ2v) is 7.66. The number of likely N-dealkylation sites (tertiary alicyclic amines) is 2. The Morgan fingerprint density at radius 1 is 1.04 bits per heavy atom. The Balaban J connectivity index is 1.53. The van der Waals surface area contributed by atoms with Crippen LogP contribution in [0.25, 0.3) is 0 Å². The van der Waals surface area contributed by atoms with Gasteiger partial charge in [0.05, 0.1) is 5.60 Å². The summed E-state index contributed by atoms with van der Waals surface area (Å²) in [6.07, 6.45) is 5.51. The zero-order valence-corrected chi connectivity index (χ0v) is 16.2. The Kier molecular flexibility index (Phi) is 6.37. The van der Waals surface area contributed by atoms with E-state index in [1.165, 1.54) is 6.42 Å². The molecule has 2 aliphatic heterocycles. The summed E-state index contributed by atoms with van der Waals surface area (Å²) in [6.45, 7) is 4.66. The highest BCUT2D eigenvalue weighted by Gasteiger charge is 2.33. The number of amides is 2. The third kappa shape index (κ3) is 5.01. The average Bonchev–Trinajstić information content (AvgIpc) is 2.72. The first-order valence-corrected chi connectivity index (χ1v) is 10.0. The van der Waals surface area contributed by atoms with E-state index in [9.17, 15) is 14.7 Å². The number of carbonyl (C=O) groups is 2. The molecule has 1 aromatic carbocycles. The summed E-state index contributed by atoms with van der Waals surface area (Å²) in [5, 5.41) is 10.5. The lowest BCUT2D eigenvalue weighted by Crippen LogP contribution is -2.49. The fourth-order valence-corrected chi connectivity index (χ4v) is 3.83. The fraction of sp³-hybridized carbons (Fsp3) is 0.619. The van der Waals surface area contributed by atoms with Crippen LogP contribution in [0.5, 0.6) is 5.75 Å². The highest BCUT2D eigenvalue weighted by atomic mass is 16.5. The maximum Gasteiger partial charge on any atom is 0.260 e. The van der Waals surface area contributed by atoms with E-state index < -0.39 is 5.60 Å². The molecule has 2 heterocycles. The van der Waals surface area contributed by atoms with Crippen molar-refractivity contribution >= 4 is 11.8 Å². The highest BCUT2D eigenvalue weighted by Crippen LogP contribution is 2.25. The minimum Gasteiger partial charge on any atom is -0.484 e. The molecule has 0 spiro atoms. The number of β-amino-alcohol motifs (C(OH)–C–C–N with tert-alkyl or cyclic N) is 1. The molecule has 27 heavy (non-hydrogen) atoms. The van der Waals surface area contributed by atoms with Crippen LogP contribution in [-0.4, -0.2) is 65.1 Å². The molecule has 1 N–H and O–H groups in total. The summed E-state index contributed by atoms with van der Waals surface area (Å²) in [5.74, 6) is 0.528. The quantitative estimate of drug-likeness (QED) is 0.859. The molecule has 0 aromatic heterocycles. The number of ether oxygens (including phenoxy) is 1. The molecule has 0 radical (unpaired) electrons. The Morgan fingerprint density at radius 3 is 2.37 bits per heavy atom. The molecule has 0 bridgehead atoms. The van der Waals surface area contributed by atoms with Crippen molar-refractivity contribution in [2.75, 3.05) is 32.8 Å². The van der Waals surface area contributed by atoms with Crippen LogP contribution in [0, 0.1) is 0 Å². The number of aliphatic hydroxyl groups is 1. The molecule has 2 fully saturated rings. The van der Waals surface area contributed by atoms with Crippen molar-refractivity contribution in [3.8, 4) is 5.75 Å². The van der Waals surface area contributed by atoms with Gasteiger partial charge in [-0.15, -0.1) is 0 Å². The van der Waals surface area contributed by atoms with Crippen molar-refractivity contribution in [1.29, 1.82) is 0 Å². The summed E-state index contributed by atoms with van der Waals surface area (Å²) >= 11 is 0. The Hall–Kier alpha value is -2.08. The monoisotopic (exact) mass is 374 g/mol. The predicted octanol–water partition coefficient (Wildman–Crippen LogP) is 2.46. The van der Waals surface area contributed by atoms with Gasteiger partial charge in [-0.25, -0.2) is 0 Å². The molecule has 2 aliphatic rings. The molecule has 1 aromatic rings. The lowest BCUT2D eigenvalue weighted by molar-refractivity contribution is -0.134. The van der Waals surface area contributed by atoms with Crippen molar-refractivity contribution < 1.29 is 19.4 Å². The second kappa shape index (κ2) is 8.74. The van der Waals surface area contributed by atoms with Gasteiger partial charge in [0, 0.05) is 31.7 Å². The van der Waals surface area contributed by atoms with Gasteiger partial charge < -0.3 is 19.6 Å². The third-order valence-electron chi connectivity index (χ3n) is 5.67. The van der Waals surface area contributed by atoms with Crippen molar-refractivity contribution in [2.45, 2.75) is 51.0 Å². The van der Waals surface area contributed by atoms with Gasteiger partial charge in [0.2, 0.25) is 0 Å². The van der Waals surface area contributed by atoms with E-state index in [4.69, 9.17) is 4.74 Å². The number of carbonyl (C=O) groups excluding carboxylic acids is 2. The van der Waals surface area contributed by atoms with Crippen LogP contribution in [0.3, 0.4) is 0 Å². The first-order valence-electron chi connectivity index (χ1n) is 10.0. The summed E-state index contributed by atoms with van der Waals surface area (Å²) in [4.78, 5) is 28.4. The van der Waals surface area contributed by atoms with Crippen molar-refractivity contribution in [3.05, 3.63) is 29.8 Å². The number of piperidine rings is 2. The summed E-state index contributed by atoms with van der Waals surface area (Å²) < 4.78 is 5.60. The summed E-state index contributed by atoms with van der Waals surface area (Å²) in [6, 6.07) is 6.91. The van der Waals surface area contributed by atoms with Gasteiger partial charge >= 0.3 is 0 Å². The van der Waals surface area contributed by atoms with Crippen LogP contribution in [-0.2, 0) is 4.79 Å². The molecule has 2 amide bonds. The molecule has 3 rings (SSSR count). The van der Waals surface area contributed by atoms with Gasteiger partial charge in [-0.1, -0.05) is 6.92 Å². The van der Waals surface area contributed by atoms with Gasteiger partial charge in [-0.2, -0.15) is 0 Å². The zero-order chi connectivity index (χ0) is 19.3. The number of hydrogen-bond acceptors (Lipinski definition) is 4. The molecular formula is C21H30N2O4. The molecule has 6 nitrogen and oxygen atoms in total. The lowest BCUT2D eigenvalue weighted by Gasteiger charge is -2.38. The number of rotatable bonds is 5. The number of hydrogen-bond donors (Lipinski definition) is 1. The van der Waals surface area contributed by atoms with Gasteiger partial charge in [0.1, 0.15) is 5.75 Å². The molecular weight excluding hydrogens is 344 g/mol. The van der Waals surface area contributed by atoms with E-state index in [2.05, 4.69) is 0 Å². The fourth-order valence-electron chi connectivity index (χ4n) is 3.83. The molecule has 0 aliphatic carbocycles. The van der Waals surface area contributed by atoms with Gasteiger partial charge in [0.15, 0.2) is 6.61 Å². The Labute approximate surface area is 161 Å². The number of benzene rings is 1. The van der Waals surface area contributed by atoms with Crippen molar-refractivity contribution in [3.63, 3.8) is 0 Å². The number of nitrogens with zero attached hydrogens (tertiary/aromatic N) is 2. The van der Waals surface area contributed by atoms with Crippen LogP contribution < -0.4 is 4.74 Å². The molecule has 6 heteroatoms. The minimum atomic E-state index is -0.772. The molecule has 148 valence electrons. The first-order chi connectivity index (χ1) is 13.0. The van der Waals surface area contributed by atoms with Crippen molar-refractivity contribution in [2.24, 2.45) is 0 Å². The van der Waals surface area contributed by atoms with E-state index in [0.29, 0.717) is 30.8 Å². The largest absolute Gasteiger partial charge is 0.484 e. The highest BCUT2D eigenvalue weighted by molar-refractivity contribution is 5.94. The standard InChI is InChI=1S/C21H30N2O4/c1-2-21(26)11-6-14-23(16-21)20(25)17-7-9-18(10-8-17)27-15-19(24)22-12-4-3-5-13-22/h7-10,26H,2-6,11-16H2,1H3/t21-/m0/s1. The van der Waals surface area contributed by atoms with Crippen LogP contribution in [0.1, 0.15) is 55.8 Å². The molecule has 0 unspecified atom stereocenters. The molecule has 1 atom stereocenters. The smallest absolute Gasteiger partial charge is 0.260 e. The van der Waals surface area contributed by atoms with Crippen LogP contribution in [0.4, 0.5) is 0 Å². The van der Waals surface area contributed by atoms with Crippen LogP contribution in [0.15, 0.2) is 24.3 Å². The average molecular weight is 374 g/mol. The van der Waals surface area contributed by atoms with Gasteiger partial charge in [-0.05, 0) is 62.8 Å². The van der Waals surface area contributed by atoms with E-state index in [-0.39, 0.29) is 18.4 Å². The molecule has 0 saturated carbocycles. The minimum absolute atomic E-state index is 0.0158. The van der Waals surface area contributed by atoms with Crippen LogP contribution >= 0.6 is 0 Å². The summed E-state index contributed by atoms with van der Waals surface area (Å²) in [7, 11) is 0. The summed E-state index contributed by atoms with van der Waals surface area (Å²) in [5.41, 5.74) is -0.198. The maximum atomic E-state index is 12.7. The van der Waals surface area contributed by atoms with Crippen molar-refractivity contribution in [1.82, 2.24) is 9.80 Å². The van der Waals surface area contributed by atoms with E-state index in [1.807, 2.05) is 11.8 Å². The van der Waals surface area contributed by atoms with E-state index in [1.54, 1.807) is 29.2 Å². The SMILES string of the molecule is CC[C@]1(O)CCCN(C(=O)c2ccc(OCC(=O)N3CCCCC3)cc2)C1. The maximum absolute atomic E-state index is 12.7. The normalized spacial score (nSPS) is 23.2. The molecule has 2 saturated heterocycles. The van der Waals surface area contributed by atoms with Gasteiger partial charge in [-0.3, -0.25) is 9.59 Å². The third-order valence-corrected chi connectivity index (χ3v) is 5.67. The second-order valence-electron chi connectivity index (χ2n) is 7.66. The van der Waals surface area contributed by atoms with Crippen LogP contribution in [0.2, 0.25) is 0 Å². The van der Waals surface area contributed by atoms with Gasteiger partial charge in [0.25, 0.3) is 11.8 Å². The topological polar surface area (TPSA) is 70.1 Å². The van der Waals surface area contributed by atoms with E-state index in [0.717, 1.165) is 38.8 Å².